The molecule has 31 heavy (non-hydrogen) atoms. The number of nitrogens with zero attached hydrogens (tertiary/aromatic N) is 3. The molecule has 1 amide bonds. The highest BCUT2D eigenvalue weighted by atomic mass is 35.5. The molecular formula is C22H18Cl2N4O2S. The van der Waals surface area contributed by atoms with Crippen LogP contribution in [-0.4, -0.2) is 21.1 Å². The van der Waals surface area contributed by atoms with Crippen LogP contribution in [0.2, 0.25) is 10.0 Å². The van der Waals surface area contributed by atoms with Gasteiger partial charge < -0.3 is 9.73 Å². The molecule has 0 aliphatic carbocycles. The van der Waals surface area contributed by atoms with Gasteiger partial charge >= 0.3 is 0 Å². The lowest BCUT2D eigenvalue weighted by molar-refractivity contribution is -0.116. The van der Waals surface area contributed by atoms with Gasteiger partial charge in [-0.3, -0.25) is 4.79 Å². The first-order valence-electron chi connectivity index (χ1n) is 9.63. The van der Waals surface area contributed by atoms with Crippen LogP contribution in [0.15, 0.2) is 59.1 Å². The molecule has 2 aromatic carbocycles. The van der Waals surface area contributed by atoms with Gasteiger partial charge in [0.05, 0.1) is 0 Å². The van der Waals surface area contributed by atoms with E-state index in [9.17, 15) is 4.79 Å². The fraction of sp³-hybridized carbons (Fsp3) is 0.182. The summed E-state index contributed by atoms with van der Waals surface area (Å²) in [6, 6.07) is 14.9. The standard InChI is InChI=1S/C22H18Cl2N4O2S/c23-16-9-10-18(24)15(11-16)12-17-13-25-22(31-17)26-19(29)7-4-8-20-27-28-21(30-20)14-5-2-1-3-6-14/h1-3,5-6,9-11,13H,4,7-8,12H2,(H,25,26,29). The number of carbonyl (C=O) groups excluding carboxylic acids is 1. The minimum Gasteiger partial charge on any atom is -0.421 e. The molecule has 0 fully saturated rings. The van der Waals surface area contributed by atoms with E-state index in [2.05, 4.69) is 20.5 Å². The van der Waals surface area contributed by atoms with Crippen LogP contribution in [0.1, 0.15) is 29.2 Å². The normalized spacial score (nSPS) is 10.9. The van der Waals surface area contributed by atoms with Gasteiger partial charge in [0, 0.05) is 45.9 Å². The molecule has 0 saturated heterocycles. The number of amides is 1. The Balaban J connectivity index is 1.25. The maximum Gasteiger partial charge on any atom is 0.247 e. The number of anilines is 1. The molecule has 0 unspecified atom stereocenters. The second-order valence-corrected chi connectivity index (χ2v) is 8.77. The van der Waals surface area contributed by atoms with E-state index in [0.717, 1.165) is 16.0 Å². The number of carbonyl (C=O) groups is 1. The summed E-state index contributed by atoms with van der Waals surface area (Å²) in [5.74, 6) is 0.890. The van der Waals surface area contributed by atoms with Gasteiger partial charge in [-0.15, -0.1) is 21.5 Å². The largest absolute Gasteiger partial charge is 0.421 e. The van der Waals surface area contributed by atoms with Crippen molar-refractivity contribution in [2.45, 2.75) is 25.7 Å². The van der Waals surface area contributed by atoms with Gasteiger partial charge in [-0.1, -0.05) is 41.4 Å². The Bertz CT molecular complexity index is 1180. The van der Waals surface area contributed by atoms with Crippen molar-refractivity contribution in [3.63, 3.8) is 0 Å². The fourth-order valence-electron chi connectivity index (χ4n) is 2.95. The molecule has 0 atom stereocenters. The summed E-state index contributed by atoms with van der Waals surface area (Å²) in [4.78, 5) is 17.5. The average molecular weight is 473 g/mol. The lowest BCUT2D eigenvalue weighted by Crippen LogP contribution is -2.11. The molecule has 2 aromatic heterocycles. The third kappa shape index (κ3) is 5.91. The van der Waals surface area contributed by atoms with Gasteiger partial charge in [-0.05, 0) is 42.3 Å². The number of halogens is 2. The van der Waals surface area contributed by atoms with E-state index >= 15 is 0 Å². The van der Waals surface area contributed by atoms with Crippen molar-refractivity contribution in [3.8, 4) is 11.5 Å². The van der Waals surface area contributed by atoms with E-state index in [4.69, 9.17) is 27.6 Å². The van der Waals surface area contributed by atoms with Crippen molar-refractivity contribution < 1.29 is 9.21 Å². The second-order valence-electron chi connectivity index (χ2n) is 6.81. The van der Waals surface area contributed by atoms with Gasteiger partial charge in [-0.25, -0.2) is 4.98 Å². The summed E-state index contributed by atoms with van der Waals surface area (Å²) in [6.45, 7) is 0. The van der Waals surface area contributed by atoms with E-state index in [0.29, 0.717) is 52.6 Å². The number of thiazole rings is 1. The molecule has 0 saturated carbocycles. The maximum atomic E-state index is 12.2. The van der Waals surface area contributed by atoms with Crippen LogP contribution in [-0.2, 0) is 17.6 Å². The van der Waals surface area contributed by atoms with Gasteiger partial charge in [0.25, 0.3) is 0 Å². The van der Waals surface area contributed by atoms with Crippen molar-refractivity contribution in [2.75, 3.05) is 5.32 Å². The van der Waals surface area contributed by atoms with Crippen LogP contribution in [0.5, 0.6) is 0 Å². The van der Waals surface area contributed by atoms with Crippen LogP contribution in [0, 0.1) is 0 Å². The molecule has 6 nitrogen and oxygen atoms in total. The van der Waals surface area contributed by atoms with Crippen molar-refractivity contribution in [3.05, 3.63) is 81.1 Å². The van der Waals surface area contributed by atoms with Crippen molar-refractivity contribution in [2.24, 2.45) is 0 Å². The van der Waals surface area contributed by atoms with E-state index in [1.54, 1.807) is 18.3 Å². The minimum atomic E-state index is -0.107. The molecule has 1 N–H and O–H groups in total. The molecule has 2 heterocycles. The minimum absolute atomic E-state index is 0.107. The topological polar surface area (TPSA) is 80.9 Å². The lowest BCUT2D eigenvalue weighted by Gasteiger charge is -2.02. The van der Waals surface area contributed by atoms with Gasteiger partial charge in [0.1, 0.15) is 0 Å². The molecule has 0 aliphatic rings. The molecule has 158 valence electrons. The van der Waals surface area contributed by atoms with Crippen molar-refractivity contribution >= 4 is 45.6 Å². The Morgan fingerprint density at radius 1 is 1.10 bits per heavy atom. The number of aromatic nitrogens is 3. The van der Waals surface area contributed by atoms with E-state index in [-0.39, 0.29) is 5.91 Å². The smallest absolute Gasteiger partial charge is 0.247 e. The molecule has 0 spiro atoms. The molecule has 9 heteroatoms. The van der Waals surface area contributed by atoms with Crippen LogP contribution in [0.4, 0.5) is 5.13 Å². The summed E-state index contributed by atoms with van der Waals surface area (Å²) in [5.41, 5.74) is 1.79. The lowest BCUT2D eigenvalue weighted by atomic mass is 10.1. The summed E-state index contributed by atoms with van der Waals surface area (Å²) >= 11 is 13.7. The Hall–Kier alpha value is -2.74. The molecule has 4 aromatic rings. The zero-order valence-corrected chi connectivity index (χ0v) is 18.7. The highest BCUT2D eigenvalue weighted by Crippen LogP contribution is 2.27. The van der Waals surface area contributed by atoms with Gasteiger partial charge in [-0.2, -0.15) is 0 Å². The SMILES string of the molecule is O=C(CCCc1nnc(-c2ccccc2)o1)Nc1ncc(Cc2cc(Cl)ccc2Cl)s1. The monoisotopic (exact) mass is 472 g/mol. The van der Waals surface area contributed by atoms with Crippen molar-refractivity contribution in [1.29, 1.82) is 0 Å². The molecular weight excluding hydrogens is 455 g/mol. The van der Waals surface area contributed by atoms with E-state index in [1.807, 2.05) is 36.4 Å². The highest BCUT2D eigenvalue weighted by Gasteiger charge is 2.11. The Kier molecular flexibility index (Phi) is 6.96. The van der Waals surface area contributed by atoms with Crippen LogP contribution in [0.3, 0.4) is 0 Å². The number of benzene rings is 2. The summed E-state index contributed by atoms with van der Waals surface area (Å²) in [7, 11) is 0. The number of rotatable bonds is 8. The number of aryl methyl sites for hydroxylation is 1. The summed E-state index contributed by atoms with van der Waals surface area (Å²) in [5, 5.41) is 12.8. The first-order chi connectivity index (χ1) is 15.1. The van der Waals surface area contributed by atoms with Crippen molar-refractivity contribution in [1.82, 2.24) is 15.2 Å². The van der Waals surface area contributed by atoms with E-state index < -0.39 is 0 Å². The average Bonchev–Trinajstić information content (AvgIpc) is 3.41. The van der Waals surface area contributed by atoms with E-state index in [1.165, 1.54) is 11.3 Å². The third-order valence-electron chi connectivity index (χ3n) is 4.45. The van der Waals surface area contributed by atoms with Crippen LogP contribution < -0.4 is 5.32 Å². The Morgan fingerprint density at radius 2 is 1.94 bits per heavy atom. The molecule has 4 rings (SSSR count). The zero-order valence-electron chi connectivity index (χ0n) is 16.3. The molecule has 0 bridgehead atoms. The van der Waals surface area contributed by atoms with Crippen LogP contribution >= 0.6 is 34.5 Å². The maximum absolute atomic E-state index is 12.2. The quantitative estimate of drug-likeness (QED) is 0.337. The number of hydrogen-bond acceptors (Lipinski definition) is 6. The van der Waals surface area contributed by atoms with Gasteiger partial charge in [0.15, 0.2) is 5.13 Å². The summed E-state index contributed by atoms with van der Waals surface area (Å²) < 4.78 is 5.66. The van der Waals surface area contributed by atoms with Gasteiger partial charge in [0.2, 0.25) is 17.7 Å². The number of nitrogens with one attached hydrogen (secondary N) is 1. The first-order valence-corrected chi connectivity index (χ1v) is 11.2. The Labute approximate surface area is 193 Å². The van der Waals surface area contributed by atoms with Crippen LogP contribution in [0.25, 0.3) is 11.5 Å². The highest BCUT2D eigenvalue weighted by molar-refractivity contribution is 7.15. The Morgan fingerprint density at radius 3 is 2.77 bits per heavy atom. The predicted octanol–water partition coefficient (Wildman–Crippen LogP) is 6.05. The number of hydrogen-bond donors (Lipinski definition) is 1. The predicted molar refractivity (Wildman–Crippen MR) is 123 cm³/mol. The first kappa shape index (κ1) is 21.5. The molecule has 0 aliphatic heterocycles. The molecule has 0 radical (unpaired) electrons. The zero-order chi connectivity index (χ0) is 21.6. The summed E-state index contributed by atoms with van der Waals surface area (Å²) in [6.07, 6.45) is 3.80. The second kappa shape index (κ2) is 10.0. The fourth-order valence-corrected chi connectivity index (χ4v) is 4.18. The third-order valence-corrected chi connectivity index (χ3v) is 5.97.